The molecular formula is C30H34ClN3O4. The highest BCUT2D eigenvalue weighted by molar-refractivity contribution is 6.32. The zero-order valence-electron chi connectivity index (χ0n) is 21.8. The fraction of sp³-hybridized carbons (Fsp3) is 0.467. The Morgan fingerprint density at radius 2 is 1.89 bits per heavy atom. The van der Waals surface area contributed by atoms with E-state index in [9.17, 15) is 9.90 Å². The molecule has 0 radical (unpaired) electrons. The smallest absolute Gasteiger partial charge is 0.176 e. The number of benzene rings is 2. The van der Waals surface area contributed by atoms with E-state index in [1.165, 1.54) is 7.11 Å². The number of phenols is 1. The molecular weight excluding hydrogens is 502 g/mol. The van der Waals surface area contributed by atoms with Gasteiger partial charge in [-0.3, -0.25) is 9.88 Å². The molecule has 3 aromatic rings. The van der Waals surface area contributed by atoms with Crippen LogP contribution in [0.3, 0.4) is 0 Å². The van der Waals surface area contributed by atoms with Crippen LogP contribution in [0.2, 0.25) is 5.02 Å². The van der Waals surface area contributed by atoms with Crippen LogP contribution in [-0.4, -0.2) is 74.3 Å². The molecule has 0 bridgehead atoms. The summed E-state index contributed by atoms with van der Waals surface area (Å²) in [6, 6.07) is 9.73. The van der Waals surface area contributed by atoms with Gasteiger partial charge < -0.3 is 24.3 Å². The van der Waals surface area contributed by atoms with Crippen molar-refractivity contribution in [3.8, 4) is 22.6 Å². The van der Waals surface area contributed by atoms with Gasteiger partial charge in [0.1, 0.15) is 6.29 Å². The second-order valence-electron chi connectivity index (χ2n) is 10.9. The number of anilines is 1. The van der Waals surface area contributed by atoms with E-state index in [1.807, 2.05) is 18.3 Å². The molecule has 1 saturated carbocycles. The fourth-order valence-corrected chi connectivity index (χ4v) is 6.24. The van der Waals surface area contributed by atoms with E-state index in [1.54, 1.807) is 12.1 Å². The highest BCUT2D eigenvalue weighted by Crippen LogP contribution is 2.51. The number of nitrogens with zero attached hydrogens (tertiary/aromatic N) is 3. The summed E-state index contributed by atoms with van der Waals surface area (Å²) in [6.07, 6.45) is 7.04. The Balaban J connectivity index is 1.37. The predicted molar refractivity (Wildman–Crippen MR) is 150 cm³/mol. The Kier molecular flexibility index (Phi) is 6.93. The van der Waals surface area contributed by atoms with Gasteiger partial charge in [0.05, 0.1) is 42.0 Å². The molecule has 2 saturated heterocycles. The summed E-state index contributed by atoms with van der Waals surface area (Å²) in [7, 11) is 1.51. The molecule has 1 aromatic heterocycles. The quantitative estimate of drug-likeness (QED) is 0.424. The van der Waals surface area contributed by atoms with Gasteiger partial charge in [0.2, 0.25) is 0 Å². The van der Waals surface area contributed by atoms with Crippen molar-refractivity contribution in [2.75, 3.05) is 57.9 Å². The van der Waals surface area contributed by atoms with Gasteiger partial charge in [-0.05, 0) is 67.0 Å². The third-order valence-corrected chi connectivity index (χ3v) is 8.81. The average Bonchev–Trinajstić information content (AvgIpc) is 3.76. The molecule has 6 rings (SSSR count). The lowest BCUT2D eigenvalue weighted by Crippen LogP contribution is -2.43. The zero-order valence-corrected chi connectivity index (χ0v) is 22.5. The minimum atomic E-state index is -0.428. The number of rotatable bonds is 7. The van der Waals surface area contributed by atoms with E-state index in [0.717, 1.165) is 111 Å². The van der Waals surface area contributed by atoms with Crippen molar-refractivity contribution in [1.29, 1.82) is 0 Å². The number of morpholine rings is 1. The first-order chi connectivity index (χ1) is 18.5. The van der Waals surface area contributed by atoms with Crippen molar-refractivity contribution in [2.24, 2.45) is 5.92 Å². The molecule has 0 atom stereocenters. The maximum absolute atomic E-state index is 12.2. The largest absolute Gasteiger partial charge is 0.503 e. The number of aldehydes is 1. The molecule has 8 heteroatoms. The first-order valence-electron chi connectivity index (χ1n) is 13.5. The van der Waals surface area contributed by atoms with Crippen LogP contribution >= 0.6 is 11.6 Å². The van der Waals surface area contributed by atoms with Crippen molar-refractivity contribution < 1.29 is 19.4 Å². The number of carbonyl (C=O) groups excluding carboxylic acids is 1. The summed E-state index contributed by atoms with van der Waals surface area (Å²) in [5, 5.41) is 11.5. The first kappa shape index (κ1) is 25.4. The number of hydrogen-bond acceptors (Lipinski definition) is 7. The van der Waals surface area contributed by atoms with Crippen LogP contribution in [0, 0.1) is 5.92 Å². The van der Waals surface area contributed by atoms with E-state index in [2.05, 4.69) is 15.9 Å². The van der Waals surface area contributed by atoms with Gasteiger partial charge in [-0.2, -0.15) is 0 Å². The lowest BCUT2D eigenvalue weighted by Gasteiger charge is -2.38. The SMILES string of the molecule is COc1cc(-c2ccc3ncc(C4(C=O)CC4)c(N4CCC(CN5CCOCC5)CC4)c3c2)cc(Cl)c1O. The summed E-state index contributed by atoms with van der Waals surface area (Å²) in [5.41, 5.74) is 4.47. The topological polar surface area (TPSA) is 75.1 Å². The Morgan fingerprint density at radius 3 is 2.58 bits per heavy atom. The van der Waals surface area contributed by atoms with Gasteiger partial charge in [0.25, 0.3) is 0 Å². The van der Waals surface area contributed by atoms with Crippen molar-refractivity contribution in [2.45, 2.75) is 31.1 Å². The molecule has 0 unspecified atom stereocenters. The maximum Gasteiger partial charge on any atom is 0.176 e. The molecule has 3 heterocycles. The number of carbonyl (C=O) groups is 1. The molecule has 7 nitrogen and oxygen atoms in total. The number of piperidine rings is 1. The lowest BCUT2D eigenvalue weighted by atomic mass is 9.90. The number of aromatic nitrogens is 1. The minimum absolute atomic E-state index is 0.0649. The number of aromatic hydroxyl groups is 1. The normalized spacial score (nSPS) is 20.0. The number of fused-ring (bicyclic) bond motifs is 1. The van der Waals surface area contributed by atoms with Crippen LogP contribution in [0.25, 0.3) is 22.0 Å². The Bertz CT molecular complexity index is 1350. The lowest BCUT2D eigenvalue weighted by molar-refractivity contribution is -0.109. The number of phenolic OH excluding ortho intramolecular Hbond substituents is 1. The molecule has 0 amide bonds. The Labute approximate surface area is 228 Å². The monoisotopic (exact) mass is 535 g/mol. The summed E-state index contributed by atoms with van der Waals surface area (Å²) in [4.78, 5) is 22.0. The van der Waals surface area contributed by atoms with Crippen molar-refractivity contribution in [3.63, 3.8) is 0 Å². The van der Waals surface area contributed by atoms with Crippen molar-refractivity contribution in [1.82, 2.24) is 9.88 Å². The van der Waals surface area contributed by atoms with Crippen LogP contribution in [0.4, 0.5) is 5.69 Å². The fourth-order valence-electron chi connectivity index (χ4n) is 6.03. The number of halogens is 1. The molecule has 200 valence electrons. The summed E-state index contributed by atoms with van der Waals surface area (Å²) in [5.74, 6) is 0.939. The van der Waals surface area contributed by atoms with E-state index >= 15 is 0 Å². The number of pyridine rings is 1. The number of methoxy groups -OCH3 is 1. The molecule has 2 aliphatic heterocycles. The molecule has 38 heavy (non-hydrogen) atoms. The average molecular weight is 536 g/mol. The second kappa shape index (κ2) is 10.4. The van der Waals surface area contributed by atoms with Gasteiger partial charge >= 0.3 is 0 Å². The number of ether oxygens (including phenoxy) is 2. The van der Waals surface area contributed by atoms with Crippen LogP contribution in [0.15, 0.2) is 36.5 Å². The highest BCUT2D eigenvalue weighted by atomic mass is 35.5. The Hall–Kier alpha value is -2.87. The maximum atomic E-state index is 12.2. The third kappa shape index (κ3) is 4.72. The van der Waals surface area contributed by atoms with Crippen molar-refractivity contribution in [3.05, 3.63) is 47.1 Å². The van der Waals surface area contributed by atoms with Crippen LogP contribution in [0.5, 0.6) is 11.5 Å². The molecule has 3 aliphatic rings. The summed E-state index contributed by atoms with van der Waals surface area (Å²) in [6.45, 7) is 6.76. The third-order valence-electron chi connectivity index (χ3n) is 8.52. The van der Waals surface area contributed by atoms with E-state index in [-0.39, 0.29) is 10.8 Å². The molecule has 1 N–H and O–H groups in total. The highest BCUT2D eigenvalue weighted by Gasteiger charge is 2.47. The van der Waals surface area contributed by atoms with Crippen LogP contribution < -0.4 is 9.64 Å². The van der Waals surface area contributed by atoms with E-state index in [0.29, 0.717) is 11.7 Å². The predicted octanol–water partition coefficient (Wildman–Crippen LogP) is 5.05. The first-order valence-corrected chi connectivity index (χ1v) is 13.9. The summed E-state index contributed by atoms with van der Waals surface area (Å²) < 4.78 is 10.9. The van der Waals surface area contributed by atoms with Gasteiger partial charge in [0.15, 0.2) is 11.5 Å². The van der Waals surface area contributed by atoms with Crippen molar-refractivity contribution >= 4 is 34.5 Å². The molecule has 2 aromatic carbocycles. The van der Waals surface area contributed by atoms with E-state index < -0.39 is 5.41 Å². The van der Waals surface area contributed by atoms with Gasteiger partial charge in [0, 0.05) is 49.9 Å². The van der Waals surface area contributed by atoms with Crippen LogP contribution in [-0.2, 0) is 14.9 Å². The molecule has 1 aliphatic carbocycles. The van der Waals surface area contributed by atoms with E-state index in [4.69, 9.17) is 26.1 Å². The molecule has 0 spiro atoms. The summed E-state index contributed by atoms with van der Waals surface area (Å²) >= 11 is 6.31. The Morgan fingerprint density at radius 1 is 1.13 bits per heavy atom. The van der Waals surface area contributed by atoms with Crippen LogP contribution in [0.1, 0.15) is 31.2 Å². The number of hydrogen-bond donors (Lipinski definition) is 1. The second-order valence-corrected chi connectivity index (χ2v) is 11.3. The standard InChI is InChI=1S/C30H34ClN3O4/c1-37-27-16-22(15-25(31)29(27)36)21-2-3-26-23(14-21)28(24(17-32-26)30(19-35)6-7-30)34-8-4-20(5-9-34)18-33-10-12-38-13-11-33/h2-3,14-17,19-20,36H,4-13,18H2,1H3. The zero-order chi connectivity index (χ0) is 26.3. The van der Waals surface area contributed by atoms with Gasteiger partial charge in [-0.15, -0.1) is 0 Å². The van der Waals surface area contributed by atoms with Gasteiger partial charge in [-0.1, -0.05) is 17.7 Å². The minimum Gasteiger partial charge on any atom is -0.503 e. The van der Waals surface area contributed by atoms with Gasteiger partial charge in [-0.25, -0.2) is 0 Å². The molecule has 3 fully saturated rings.